The van der Waals surface area contributed by atoms with Crippen LogP contribution in [0.25, 0.3) is 11.1 Å². The van der Waals surface area contributed by atoms with E-state index in [0.717, 1.165) is 71.2 Å². The van der Waals surface area contributed by atoms with Gasteiger partial charge in [-0.1, -0.05) is 98.5 Å². The van der Waals surface area contributed by atoms with Gasteiger partial charge < -0.3 is 10.2 Å². The molecule has 0 aliphatic heterocycles. The number of carbonyl (C=O) groups is 2. The molecular weight excluding hydrogens is 785 g/mol. The van der Waals surface area contributed by atoms with E-state index in [0.29, 0.717) is 47.5 Å². The van der Waals surface area contributed by atoms with Gasteiger partial charge in [0.2, 0.25) is 0 Å². The van der Waals surface area contributed by atoms with Gasteiger partial charge >= 0.3 is 0 Å². The zero-order valence-electron chi connectivity index (χ0n) is 36.9. The number of hydrogen-bond acceptors (Lipinski definition) is 7. The highest BCUT2D eigenvalue weighted by Gasteiger charge is 2.33. The Morgan fingerprint density at radius 1 is 0.550 bits per heavy atom. The number of thioether (sulfide) groups is 1. The maximum atomic E-state index is 13.1. The molecule has 2 aliphatic carbocycles. The number of rotatable bonds is 14. The Labute approximate surface area is 363 Å². The van der Waals surface area contributed by atoms with Crippen LogP contribution in [0.15, 0.2) is 94.1 Å². The van der Waals surface area contributed by atoms with Crippen LogP contribution in [0.5, 0.6) is 0 Å². The number of aliphatic hydroxyl groups excluding tert-OH is 2. The maximum Gasteiger partial charge on any atom is 0.178 e. The molecular formula is C52H64O6S2. The van der Waals surface area contributed by atoms with Gasteiger partial charge in [0, 0.05) is 30.6 Å². The van der Waals surface area contributed by atoms with Crippen molar-refractivity contribution in [1.82, 2.24) is 0 Å². The van der Waals surface area contributed by atoms with Crippen molar-refractivity contribution in [2.45, 2.75) is 129 Å². The number of hydrogen-bond donors (Lipinski definition) is 2. The van der Waals surface area contributed by atoms with Crippen LogP contribution in [-0.2, 0) is 45.1 Å². The lowest BCUT2D eigenvalue weighted by Crippen LogP contribution is -2.22. The van der Waals surface area contributed by atoms with Crippen LogP contribution in [0.1, 0.15) is 122 Å². The number of Topliss-reactive ketones (excluding diaryl/α,β-unsaturated/α-hetero) is 2. The van der Waals surface area contributed by atoms with Crippen LogP contribution in [0.3, 0.4) is 0 Å². The van der Waals surface area contributed by atoms with Crippen molar-refractivity contribution in [2.24, 2.45) is 11.8 Å². The van der Waals surface area contributed by atoms with E-state index in [4.69, 9.17) is 0 Å². The highest BCUT2D eigenvalue weighted by Crippen LogP contribution is 2.39. The highest BCUT2D eigenvalue weighted by atomic mass is 32.2. The van der Waals surface area contributed by atoms with Crippen LogP contribution in [0.4, 0.5) is 0 Å². The molecule has 0 fully saturated rings. The fraction of sp³-hybridized carbons (Fsp3) is 0.423. The Hall–Kier alpha value is -4.40. The second-order valence-corrected chi connectivity index (χ2v) is 20.0. The summed E-state index contributed by atoms with van der Waals surface area (Å²) < 4.78 is 25.3. The Kier molecular flexibility index (Phi) is 16.3. The van der Waals surface area contributed by atoms with Crippen LogP contribution in [0, 0.1) is 39.5 Å². The topological polar surface area (TPSA) is 109 Å². The molecule has 320 valence electrons. The minimum atomic E-state index is -3.41. The number of aliphatic hydroxyl groups is 2. The van der Waals surface area contributed by atoms with Crippen molar-refractivity contribution in [1.29, 1.82) is 0 Å². The molecule has 2 N–H and O–H groups in total. The Morgan fingerprint density at radius 3 is 1.32 bits per heavy atom. The first kappa shape index (κ1) is 46.7. The normalized spacial score (nSPS) is 17.2. The second-order valence-electron chi connectivity index (χ2n) is 16.7. The largest absolute Gasteiger partial charge is 0.512 e. The van der Waals surface area contributed by atoms with Gasteiger partial charge in [-0.15, -0.1) is 11.8 Å². The van der Waals surface area contributed by atoms with Crippen LogP contribution in [-0.4, -0.2) is 41.7 Å². The van der Waals surface area contributed by atoms with Gasteiger partial charge in [-0.25, -0.2) is 8.42 Å². The number of benzene rings is 4. The quantitative estimate of drug-likeness (QED) is 0.122. The predicted molar refractivity (Wildman–Crippen MR) is 249 cm³/mol. The summed E-state index contributed by atoms with van der Waals surface area (Å²) in [4.78, 5) is 27.8. The molecule has 2 unspecified atom stereocenters. The van der Waals surface area contributed by atoms with Crippen LogP contribution < -0.4 is 0 Å². The Bertz CT molecular complexity index is 2300. The lowest BCUT2D eigenvalue weighted by molar-refractivity contribution is -0.116. The molecule has 4 aromatic rings. The average molecular weight is 849 g/mol. The summed E-state index contributed by atoms with van der Waals surface area (Å²) in [5.74, 6) is 1.40. The monoisotopic (exact) mass is 848 g/mol. The van der Waals surface area contributed by atoms with Gasteiger partial charge in [0.25, 0.3) is 0 Å². The smallest absolute Gasteiger partial charge is 0.178 e. The van der Waals surface area contributed by atoms with Crippen molar-refractivity contribution in [3.63, 3.8) is 0 Å². The van der Waals surface area contributed by atoms with E-state index < -0.39 is 9.84 Å². The lowest BCUT2D eigenvalue weighted by Gasteiger charge is -2.26. The number of carbonyl (C=O) groups excluding carboxylic acids is 2. The zero-order chi connectivity index (χ0) is 43.7. The molecule has 0 saturated heterocycles. The molecule has 6 nitrogen and oxygen atoms in total. The average Bonchev–Trinajstić information content (AvgIpc) is 3.21. The molecule has 2 aliphatic rings. The molecule has 2 atom stereocenters. The van der Waals surface area contributed by atoms with E-state index >= 15 is 0 Å². The summed E-state index contributed by atoms with van der Waals surface area (Å²) in [5.41, 5.74) is 12.0. The zero-order valence-corrected chi connectivity index (χ0v) is 38.5. The summed E-state index contributed by atoms with van der Waals surface area (Å²) in [5, 5.41) is 21.7. The number of aryl methyl sites for hydroxylation is 8. The van der Waals surface area contributed by atoms with Gasteiger partial charge in [-0.3, -0.25) is 9.59 Å². The summed E-state index contributed by atoms with van der Waals surface area (Å²) in [6, 6.07) is 23.9. The standard InChI is InChI=1S/C26H32O4S.C26H32O2S/c1-5-20-13-18(4)14-21(6-2)25(20)26-23(27)15-19(16-24(26)28)11-12-31(29,30)22-9-7-17(3)8-10-22;1-5-20-13-18(4)14-21(6-2)25(20)26-23(27)15-19(16-24(26)28)11-12-29-22-9-7-17(3)8-10-22/h7-10,13-14,19,27H,5-6,11-12,15-16H2,1-4H3;7-10,13-14,19,27H,5-6,11-12,15-16H2,1-4H3. The van der Waals surface area contributed by atoms with Crippen LogP contribution >= 0.6 is 11.8 Å². The molecule has 4 aromatic carbocycles. The summed E-state index contributed by atoms with van der Waals surface area (Å²) in [6.07, 6.45) is 6.34. The van der Waals surface area contributed by atoms with E-state index in [1.54, 1.807) is 24.3 Å². The van der Waals surface area contributed by atoms with Crippen molar-refractivity contribution in [2.75, 3.05) is 11.5 Å². The number of ketones is 2. The number of sulfone groups is 1. The third kappa shape index (κ3) is 11.5. The molecule has 0 saturated carbocycles. The van der Waals surface area contributed by atoms with E-state index in [1.165, 1.54) is 27.1 Å². The van der Waals surface area contributed by atoms with Crippen molar-refractivity contribution in [3.05, 3.63) is 140 Å². The molecule has 0 bridgehead atoms. The predicted octanol–water partition coefficient (Wildman–Crippen LogP) is 12.4. The molecule has 0 spiro atoms. The first-order valence-electron chi connectivity index (χ1n) is 21.7. The molecule has 0 radical (unpaired) electrons. The molecule has 0 aromatic heterocycles. The van der Waals surface area contributed by atoms with Crippen molar-refractivity contribution < 1.29 is 28.2 Å². The second kappa shape index (κ2) is 20.9. The van der Waals surface area contributed by atoms with E-state index in [9.17, 15) is 28.2 Å². The molecule has 0 amide bonds. The SMILES string of the molecule is CCc1cc(C)cc(CC)c1C1=C(O)CC(CCS(=O)(=O)c2ccc(C)cc2)CC1=O.CCc1cc(C)cc(CC)c1C1=C(O)CC(CCSc2ccc(C)cc2)CC1=O. The Morgan fingerprint density at radius 2 is 0.933 bits per heavy atom. The fourth-order valence-corrected chi connectivity index (χ4v) is 11.2. The van der Waals surface area contributed by atoms with Gasteiger partial charge in [0.1, 0.15) is 11.5 Å². The first-order valence-corrected chi connectivity index (χ1v) is 24.4. The summed E-state index contributed by atoms with van der Waals surface area (Å²) >= 11 is 1.83. The third-order valence-corrected chi connectivity index (χ3v) is 14.8. The van der Waals surface area contributed by atoms with Gasteiger partial charge in [-0.2, -0.15) is 0 Å². The lowest BCUT2D eigenvalue weighted by atomic mass is 9.79. The molecule has 0 heterocycles. The van der Waals surface area contributed by atoms with Gasteiger partial charge in [0.05, 0.1) is 21.8 Å². The van der Waals surface area contributed by atoms with Crippen molar-refractivity contribution in [3.8, 4) is 0 Å². The van der Waals surface area contributed by atoms with Crippen molar-refractivity contribution >= 4 is 44.3 Å². The maximum absolute atomic E-state index is 13.1. The van der Waals surface area contributed by atoms with Crippen LogP contribution in [0.2, 0.25) is 0 Å². The highest BCUT2D eigenvalue weighted by molar-refractivity contribution is 7.99. The molecule has 8 heteroatoms. The first-order chi connectivity index (χ1) is 28.6. The molecule has 6 rings (SSSR count). The fourth-order valence-electron chi connectivity index (χ4n) is 8.73. The minimum absolute atomic E-state index is 0.0262. The summed E-state index contributed by atoms with van der Waals surface area (Å²) in [6.45, 7) is 16.5. The molecule has 60 heavy (non-hydrogen) atoms. The van der Waals surface area contributed by atoms with Gasteiger partial charge in [0.15, 0.2) is 21.4 Å². The summed E-state index contributed by atoms with van der Waals surface area (Å²) in [7, 11) is -3.41. The number of allylic oxidation sites excluding steroid dienone is 4. The van der Waals surface area contributed by atoms with Gasteiger partial charge in [-0.05, 0) is 141 Å². The van der Waals surface area contributed by atoms with E-state index in [2.05, 4.69) is 90.1 Å². The minimum Gasteiger partial charge on any atom is -0.512 e. The van der Waals surface area contributed by atoms with E-state index in [-0.39, 0.29) is 41.3 Å². The van der Waals surface area contributed by atoms with E-state index in [1.807, 2.05) is 25.6 Å². The third-order valence-electron chi connectivity index (χ3n) is 12.0. The Balaban J connectivity index is 0.000000228.